The summed E-state index contributed by atoms with van der Waals surface area (Å²) in [6.07, 6.45) is 0. The Morgan fingerprint density at radius 3 is 2.54 bits per heavy atom. The largest absolute Gasteiger partial charge is 0.367 e. The number of benzene rings is 2. The second-order valence-corrected chi connectivity index (χ2v) is 7.85. The molecule has 0 bridgehead atoms. The monoisotopic (exact) mass is 395 g/mol. The van der Waals surface area contributed by atoms with Gasteiger partial charge in [0.25, 0.3) is 0 Å². The van der Waals surface area contributed by atoms with Gasteiger partial charge < -0.3 is 4.90 Å². The van der Waals surface area contributed by atoms with E-state index in [1.54, 1.807) is 23.5 Å². The van der Waals surface area contributed by atoms with E-state index in [0.29, 0.717) is 11.3 Å². The van der Waals surface area contributed by atoms with E-state index in [1.807, 2.05) is 23.1 Å². The topological polar surface area (TPSA) is 36.4 Å². The third kappa shape index (κ3) is 4.13. The molecule has 1 aliphatic rings. The highest BCUT2D eigenvalue weighted by atomic mass is 32.1. The number of carbonyl (C=O) groups excluding carboxylic acids is 1. The standard InChI is InChI=1S/C22H22FN3OS/c1-16(27)18-7-8-21(20(23)13-18)26-11-9-25(10-12-26)14-19-15-28-22(24-19)17-5-3-2-4-6-17/h2-8,13,15H,9-12,14H2,1H3. The summed E-state index contributed by atoms with van der Waals surface area (Å²) in [5.74, 6) is -0.443. The van der Waals surface area contributed by atoms with E-state index in [4.69, 9.17) is 4.98 Å². The average molecular weight is 396 g/mol. The number of nitrogens with zero attached hydrogens (tertiary/aromatic N) is 3. The SMILES string of the molecule is CC(=O)c1ccc(N2CCN(Cc3csc(-c4ccccc4)n3)CC2)c(F)c1. The lowest BCUT2D eigenvalue weighted by atomic mass is 10.1. The summed E-state index contributed by atoms with van der Waals surface area (Å²) in [5.41, 5.74) is 3.21. The third-order valence-electron chi connectivity index (χ3n) is 5.03. The van der Waals surface area contributed by atoms with Gasteiger partial charge in [-0.1, -0.05) is 30.3 Å². The van der Waals surface area contributed by atoms with Crippen molar-refractivity contribution in [3.8, 4) is 10.6 Å². The highest BCUT2D eigenvalue weighted by Crippen LogP contribution is 2.25. The van der Waals surface area contributed by atoms with Gasteiger partial charge in [0.2, 0.25) is 0 Å². The maximum Gasteiger partial charge on any atom is 0.159 e. The van der Waals surface area contributed by atoms with Gasteiger partial charge in [0, 0.05) is 49.2 Å². The van der Waals surface area contributed by atoms with Crippen LogP contribution in [-0.2, 0) is 6.54 Å². The number of rotatable bonds is 5. The number of aromatic nitrogens is 1. The molecule has 0 radical (unpaired) electrons. The molecule has 0 atom stereocenters. The molecular weight excluding hydrogens is 373 g/mol. The Hall–Kier alpha value is -2.57. The van der Waals surface area contributed by atoms with Crippen LogP contribution in [0.3, 0.4) is 0 Å². The van der Waals surface area contributed by atoms with Crippen molar-refractivity contribution in [3.63, 3.8) is 0 Å². The molecular formula is C22H22FN3OS. The second-order valence-electron chi connectivity index (χ2n) is 7.00. The van der Waals surface area contributed by atoms with Crippen LogP contribution in [0, 0.1) is 5.82 Å². The number of hydrogen-bond donors (Lipinski definition) is 0. The van der Waals surface area contributed by atoms with Gasteiger partial charge in [-0.05, 0) is 25.1 Å². The number of thiazole rings is 1. The predicted octanol–water partition coefficient (Wildman–Crippen LogP) is 4.47. The molecule has 2 aromatic carbocycles. The molecule has 0 aliphatic carbocycles. The molecule has 144 valence electrons. The molecule has 0 saturated carbocycles. The summed E-state index contributed by atoms with van der Waals surface area (Å²) in [6, 6.07) is 15.0. The van der Waals surface area contributed by atoms with E-state index >= 15 is 0 Å². The van der Waals surface area contributed by atoms with Crippen LogP contribution < -0.4 is 4.90 Å². The number of carbonyl (C=O) groups is 1. The fourth-order valence-electron chi connectivity index (χ4n) is 3.45. The minimum absolute atomic E-state index is 0.117. The first kappa shape index (κ1) is 18.8. The summed E-state index contributed by atoms with van der Waals surface area (Å²) < 4.78 is 14.4. The van der Waals surface area contributed by atoms with E-state index in [9.17, 15) is 9.18 Å². The zero-order chi connectivity index (χ0) is 19.5. The van der Waals surface area contributed by atoms with E-state index in [-0.39, 0.29) is 11.6 Å². The number of anilines is 1. The van der Waals surface area contributed by atoms with E-state index in [1.165, 1.54) is 13.0 Å². The van der Waals surface area contributed by atoms with Crippen molar-refractivity contribution in [1.82, 2.24) is 9.88 Å². The Labute approximate surface area is 168 Å². The van der Waals surface area contributed by atoms with E-state index in [0.717, 1.165) is 49.0 Å². The predicted molar refractivity (Wildman–Crippen MR) is 111 cm³/mol. The highest BCUT2D eigenvalue weighted by molar-refractivity contribution is 7.13. The molecule has 4 nitrogen and oxygen atoms in total. The summed E-state index contributed by atoms with van der Waals surface area (Å²) >= 11 is 1.67. The van der Waals surface area contributed by atoms with Gasteiger partial charge in [0.15, 0.2) is 5.78 Å². The van der Waals surface area contributed by atoms with Gasteiger partial charge >= 0.3 is 0 Å². The van der Waals surface area contributed by atoms with Gasteiger partial charge in [0.1, 0.15) is 10.8 Å². The number of Topliss-reactive ketones (excluding diaryl/α,β-unsaturated/α-hetero) is 1. The van der Waals surface area contributed by atoms with Crippen molar-refractivity contribution in [1.29, 1.82) is 0 Å². The summed E-state index contributed by atoms with van der Waals surface area (Å²) in [4.78, 5) is 20.6. The summed E-state index contributed by atoms with van der Waals surface area (Å²) in [5, 5.41) is 3.16. The Bertz CT molecular complexity index is 965. The molecule has 2 heterocycles. The zero-order valence-electron chi connectivity index (χ0n) is 15.8. The van der Waals surface area contributed by atoms with Crippen molar-refractivity contribution >= 4 is 22.8 Å². The zero-order valence-corrected chi connectivity index (χ0v) is 16.6. The fraction of sp³-hybridized carbons (Fsp3) is 0.273. The van der Waals surface area contributed by atoms with Crippen molar-refractivity contribution in [2.75, 3.05) is 31.1 Å². The van der Waals surface area contributed by atoms with Gasteiger partial charge in [-0.15, -0.1) is 11.3 Å². The molecule has 3 aromatic rings. The van der Waals surface area contributed by atoms with Gasteiger partial charge in [0.05, 0.1) is 11.4 Å². The quantitative estimate of drug-likeness (QED) is 0.597. The summed E-state index contributed by atoms with van der Waals surface area (Å²) in [7, 11) is 0. The summed E-state index contributed by atoms with van der Waals surface area (Å²) in [6.45, 7) is 5.48. The van der Waals surface area contributed by atoms with Crippen LogP contribution in [0.2, 0.25) is 0 Å². The van der Waals surface area contributed by atoms with Crippen molar-refractivity contribution < 1.29 is 9.18 Å². The highest BCUT2D eigenvalue weighted by Gasteiger charge is 2.21. The van der Waals surface area contributed by atoms with Crippen LogP contribution >= 0.6 is 11.3 Å². The lowest BCUT2D eigenvalue weighted by Gasteiger charge is -2.36. The molecule has 0 spiro atoms. The Balaban J connectivity index is 1.36. The van der Waals surface area contributed by atoms with Crippen molar-refractivity contribution in [2.24, 2.45) is 0 Å². The molecule has 1 aromatic heterocycles. The molecule has 1 aliphatic heterocycles. The number of piperazine rings is 1. The smallest absolute Gasteiger partial charge is 0.159 e. The van der Waals surface area contributed by atoms with Gasteiger partial charge in [-0.2, -0.15) is 0 Å². The molecule has 4 rings (SSSR count). The van der Waals surface area contributed by atoms with Crippen LogP contribution in [0.4, 0.5) is 10.1 Å². The Morgan fingerprint density at radius 1 is 1.11 bits per heavy atom. The number of ketones is 1. The first-order valence-electron chi connectivity index (χ1n) is 9.38. The molecule has 1 fully saturated rings. The van der Waals surface area contributed by atoms with Crippen LogP contribution in [0.5, 0.6) is 0 Å². The molecule has 0 unspecified atom stereocenters. The van der Waals surface area contributed by atoms with E-state index in [2.05, 4.69) is 22.4 Å². The molecule has 0 amide bonds. The van der Waals surface area contributed by atoms with Gasteiger partial charge in [-0.3, -0.25) is 9.69 Å². The first-order valence-corrected chi connectivity index (χ1v) is 10.3. The molecule has 28 heavy (non-hydrogen) atoms. The van der Waals surface area contributed by atoms with Crippen molar-refractivity contribution in [3.05, 3.63) is 71.0 Å². The van der Waals surface area contributed by atoms with Crippen LogP contribution in [0.25, 0.3) is 10.6 Å². The lowest BCUT2D eigenvalue weighted by molar-refractivity contribution is 0.101. The lowest BCUT2D eigenvalue weighted by Crippen LogP contribution is -2.46. The second kappa shape index (κ2) is 8.20. The Morgan fingerprint density at radius 2 is 1.86 bits per heavy atom. The molecule has 1 saturated heterocycles. The minimum atomic E-state index is -0.326. The van der Waals surface area contributed by atoms with Crippen molar-refractivity contribution in [2.45, 2.75) is 13.5 Å². The normalized spacial score (nSPS) is 15.0. The third-order valence-corrected chi connectivity index (χ3v) is 5.97. The maximum absolute atomic E-state index is 14.4. The van der Waals surface area contributed by atoms with E-state index < -0.39 is 0 Å². The number of hydrogen-bond acceptors (Lipinski definition) is 5. The maximum atomic E-state index is 14.4. The Kier molecular flexibility index (Phi) is 5.50. The van der Waals surface area contributed by atoms with Gasteiger partial charge in [-0.25, -0.2) is 9.37 Å². The van der Waals surface area contributed by atoms with Crippen LogP contribution in [-0.4, -0.2) is 41.8 Å². The fourth-order valence-corrected chi connectivity index (χ4v) is 4.27. The molecule has 0 N–H and O–H groups in total. The molecule has 6 heteroatoms. The first-order chi connectivity index (χ1) is 13.6. The van der Waals surface area contributed by atoms with Crippen LogP contribution in [0.15, 0.2) is 53.9 Å². The average Bonchev–Trinajstić information content (AvgIpc) is 3.18. The minimum Gasteiger partial charge on any atom is -0.367 e. The number of halogens is 1. The van der Waals surface area contributed by atoms with Crippen LogP contribution in [0.1, 0.15) is 23.0 Å².